The van der Waals surface area contributed by atoms with Gasteiger partial charge in [-0.1, -0.05) is 12.1 Å². The molecule has 1 heterocycles. The molecule has 0 radical (unpaired) electrons. The number of aromatic nitrogens is 1. The van der Waals surface area contributed by atoms with E-state index in [9.17, 15) is 43.2 Å². The minimum absolute atomic E-state index is 0.00440. The largest absolute Gasteiger partial charge is 0.493 e. The van der Waals surface area contributed by atoms with Crippen molar-refractivity contribution in [3.05, 3.63) is 53.9 Å². The molecule has 60 heavy (non-hydrogen) atoms. The van der Waals surface area contributed by atoms with Crippen LogP contribution in [0.4, 0.5) is 5.69 Å². The molecule has 322 valence electrons. The lowest BCUT2D eigenvalue weighted by Gasteiger charge is -2.11. The number of carbonyl (C=O) groups is 9. The fourth-order valence-electron chi connectivity index (χ4n) is 5.90. The fourth-order valence-corrected chi connectivity index (χ4v) is 5.90. The summed E-state index contributed by atoms with van der Waals surface area (Å²) in [6, 6.07) is 13.3. The second-order valence-electron chi connectivity index (χ2n) is 14.9. The lowest BCUT2D eigenvalue weighted by molar-refractivity contribution is -0.128. The highest BCUT2D eigenvalue weighted by Crippen LogP contribution is 2.23. The van der Waals surface area contributed by atoms with Crippen molar-refractivity contribution >= 4 is 81.0 Å². The number of aliphatic hydroxyl groups excluding tert-OH is 1. The quantitative estimate of drug-likeness (QED) is 0.0687. The first-order chi connectivity index (χ1) is 28.7. The molecule has 0 bridgehead atoms. The predicted molar refractivity (Wildman–Crippen MR) is 224 cm³/mol. The van der Waals surface area contributed by atoms with Crippen LogP contribution in [-0.4, -0.2) is 89.4 Å². The van der Waals surface area contributed by atoms with Gasteiger partial charge in [-0.15, -0.1) is 0 Å². The number of rotatable bonds is 33. The van der Waals surface area contributed by atoms with E-state index in [1.165, 1.54) is 0 Å². The zero-order valence-corrected chi connectivity index (χ0v) is 34.7. The Morgan fingerprint density at radius 2 is 0.917 bits per heavy atom. The van der Waals surface area contributed by atoms with Gasteiger partial charge in [0.25, 0.3) is 0 Å². The number of oxazole rings is 1. The molecule has 3 rings (SSSR count). The number of ether oxygens (including phenoxy) is 1. The van der Waals surface area contributed by atoms with Crippen molar-refractivity contribution < 1.29 is 57.4 Å². The molecule has 0 aliphatic rings. The van der Waals surface area contributed by atoms with E-state index in [4.69, 9.17) is 14.3 Å². The summed E-state index contributed by atoms with van der Waals surface area (Å²) in [7, 11) is 3.96. The van der Waals surface area contributed by atoms with E-state index in [1.54, 1.807) is 24.3 Å². The van der Waals surface area contributed by atoms with Crippen LogP contribution in [0.1, 0.15) is 127 Å². The van der Waals surface area contributed by atoms with Gasteiger partial charge in [0.15, 0.2) is 5.58 Å². The summed E-state index contributed by atoms with van der Waals surface area (Å²) in [6.45, 7) is -0.153. The Balaban J connectivity index is 1.20. The average Bonchev–Trinajstić information content (AvgIpc) is 3.65. The number of carbonyl (C=O) groups excluding carboxylic acids is 9. The van der Waals surface area contributed by atoms with E-state index in [2.05, 4.69) is 4.98 Å². The zero-order chi connectivity index (χ0) is 43.9. The van der Waals surface area contributed by atoms with Crippen LogP contribution in [-0.2, 0) is 43.2 Å². The third kappa shape index (κ3) is 19.8. The maximum atomic E-state index is 12.4. The number of nitrogens with zero attached hydrogens (tertiary/aromatic N) is 2. The van der Waals surface area contributed by atoms with Crippen molar-refractivity contribution in [3.63, 3.8) is 0 Å². The maximum Gasteiger partial charge on any atom is 0.220 e. The Morgan fingerprint density at radius 3 is 1.30 bits per heavy atom. The predicted octanol–water partition coefficient (Wildman–Crippen LogP) is 6.58. The maximum absolute atomic E-state index is 12.4. The normalized spacial score (nSPS) is 11.1. The highest BCUT2D eigenvalue weighted by molar-refractivity contribution is 5.94. The summed E-state index contributed by atoms with van der Waals surface area (Å²) in [5.41, 5.74) is 3.31. The van der Waals surface area contributed by atoms with Gasteiger partial charge in [-0.3, -0.25) is 43.2 Å². The molecular weight excluding hydrogens is 773 g/mol. The molecule has 3 aromatic rings. The second kappa shape index (κ2) is 26.4. The number of Topliss-reactive ketones (excluding diaryl/α,β-unsaturated/α-hetero) is 9. The molecule has 1 N–H and O–H groups in total. The van der Waals surface area contributed by atoms with Gasteiger partial charge in [0.2, 0.25) is 5.89 Å². The molecule has 0 saturated heterocycles. The Labute approximate surface area is 350 Å². The topological polar surface area (TPSA) is 212 Å². The van der Waals surface area contributed by atoms with Crippen LogP contribution in [0.3, 0.4) is 0 Å². The van der Waals surface area contributed by atoms with Crippen molar-refractivity contribution in [2.24, 2.45) is 0 Å². The summed E-state index contributed by atoms with van der Waals surface area (Å²) < 4.78 is 11.6. The van der Waals surface area contributed by atoms with Gasteiger partial charge < -0.3 is 19.2 Å². The number of anilines is 1. The first-order valence-electron chi connectivity index (χ1n) is 20.5. The number of hydrogen-bond donors (Lipinski definition) is 1. The summed E-state index contributed by atoms with van der Waals surface area (Å²) in [5.74, 6) is -1.23. The monoisotopic (exact) mass is 828 g/mol. The second-order valence-corrected chi connectivity index (χ2v) is 14.9. The van der Waals surface area contributed by atoms with Crippen LogP contribution in [0.25, 0.3) is 23.3 Å². The van der Waals surface area contributed by atoms with E-state index in [-0.39, 0.29) is 181 Å². The first-order valence-corrected chi connectivity index (χ1v) is 20.5. The van der Waals surface area contributed by atoms with Gasteiger partial charge in [-0.2, -0.15) is 0 Å². The van der Waals surface area contributed by atoms with Gasteiger partial charge in [0, 0.05) is 154 Å². The summed E-state index contributed by atoms with van der Waals surface area (Å²) in [6.07, 6.45) is 3.28. The standard InChI is InChI=1S/C46H56N2O12/c1-48(2)33-6-3-32(4-7-33)5-26-46-47-44-25-24-43(31-45(44)60-46)59-30-28-42(58)23-21-40(56)19-17-38(54)15-13-36(52)11-9-34(50)8-10-35(51)12-14-37(53)16-18-39(55)20-22-41(57)27-29-49/h3-7,24-26,31,49H,8-23,27-30H2,1-2H3. The number of ketones is 9. The van der Waals surface area contributed by atoms with Crippen LogP contribution in [0.2, 0.25) is 0 Å². The molecule has 2 aromatic carbocycles. The van der Waals surface area contributed by atoms with Crippen LogP contribution < -0.4 is 9.64 Å². The highest BCUT2D eigenvalue weighted by atomic mass is 16.5. The molecular formula is C46H56N2O12. The van der Waals surface area contributed by atoms with Gasteiger partial charge in [0.05, 0.1) is 6.61 Å². The van der Waals surface area contributed by atoms with Crippen LogP contribution in [0.5, 0.6) is 5.75 Å². The summed E-state index contributed by atoms with van der Waals surface area (Å²) >= 11 is 0. The molecule has 0 saturated carbocycles. The minimum Gasteiger partial charge on any atom is -0.493 e. The minimum atomic E-state index is -0.281. The Hall–Kier alpha value is -5.76. The molecule has 0 unspecified atom stereocenters. The SMILES string of the molecule is CN(C)c1ccc(C=Cc2nc3ccc(OCCC(=O)CCC(=O)CCC(=O)CCC(=O)CCC(=O)CCC(=O)CCC(=O)CCC(=O)CCC(=O)CCO)cc3o2)cc1. The molecule has 0 aliphatic carbocycles. The molecule has 0 atom stereocenters. The fraction of sp³-hybridized carbons (Fsp3) is 0.478. The summed E-state index contributed by atoms with van der Waals surface area (Å²) in [4.78, 5) is 115. The van der Waals surface area contributed by atoms with Gasteiger partial charge >= 0.3 is 0 Å². The molecule has 14 nitrogen and oxygen atoms in total. The number of aliphatic hydroxyl groups is 1. The number of hydrogen-bond acceptors (Lipinski definition) is 14. The molecule has 0 amide bonds. The van der Waals surface area contributed by atoms with Gasteiger partial charge in [0.1, 0.15) is 63.3 Å². The van der Waals surface area contributed by atoms with Crippen molar-refractivity contribution in [2.45, 2.75) is 116 Å². The highest BCUT2D eigenvalue weighted by Gasteiger charge is 2.16. The Bertz CT molecular complexity index is 2010. The number of benzene rings is 2. The smallest absolute Gasteiger partial charge is 0.220 e. The van der Waals surface area contributed by atoms with Crippen LogP contribution in [0, 0.1) is 0 Å². The molecule has 14 heteroatoms. The Morgan fingerprint density at radius 1 is 0.533 bits per heavy atom. The van der Waals surface area contributed by atoms with Crippen LogP contribution in [0.15, 0.2) is 46.9 Å². The molecule has 0 spiro atoms. The van der Waals surface area contributed by atoms with E-state index in [0.29, 0.717) is 22.7 Å². The van der Waals surface area contributed by atoms with E-state index >= 15 is 0 Å². The summed E-state index contributed by atoms with van der Waals surface area (Å²) in [5, 5.41) is 8.72. The first kappa shape index (κ1) is 48.6. The van der Waals surface area contributed by atoms with Gasteiger partial charge in [-0.05, 0) is 35.9 Å². The average molecular weight is 829 g/mol. The molecule has 0 fully saturated rings. The van der Waals surface area contributed by atoms with Gasteiger partial charge in [-0.25, -0.2) is 4.98 Å². The van der Waals surface area contributed by atoms with Crippen molar-refractivity contribution in [2.75, 3.05) is 32.2 Å². The number of fused-ring (bicyclic) bond motifs is 1. The lowest BCUT2D eigenvalue weighted by Crippen LogP contribution is -2.11. The van der Waals surface area contributed by atoms with Crippen LogP contribution >= 0.6 is 0 Å². The Kier molecular flexibility index (Phi) is 21.4. The molecule has 1 aromatic heterocycles. The van der Waals surface area contributed by atoms with E-state index in [0.717, 1.165) is 11.3 Å². The van der Waals surface area contributed by atoms with E-state index in [1.807, 2.05) is 49.3 Å². The third-order valence-corrected chi connectivity index (χ3v) is 9.71. The van der Waals surface area contributed by atoms with Crippen molar-refractivity contribution in [1.82, 2.24) is 4.98 Å². The zero-order valence-electron chi connectivity index (χ0n) is 34.7. The van der Waals surface area contributed by atoms with Crippen molar-refractivity contribution in [3.8, 4) is 5.75 Å². The lowest BCUT2D eigenvalue weighted by atomic mass is 9.99. The van der Waals surface area contributed by atoms with E-state index < -0.39 is 0 Å². The molecule has 0 aliphatic heterocycles. The van der Waals surface area contributed by atoms with Crippen molar-refractivity contribution in [1.29, 1.82) is 0 Å². The third-order valence-electron chi connectivity index (χ3n) is 9.71.